The third-order valence-electron chi connectivity index (χ3n) is 7.32. The van der Waals surface area contributed by atoms with Crippen LogP contribution in [0.5, 0.6) is 0 Å². The Bertz CT molecular complexity index is 1730. The monoisotopic (exact) mass is 542 g/mol. The lowest BCUT2D eigenvalue weighted by Gasteiger charge is -2.38. The number of hydrogen-bond acceptors (Lipinski definition) is 7. The highest BCUT2D eigenvalue weighted by molar-refractivity contribution is 5.94. The van der Waals surface area contributed by atoms with E-state index < -0.39 is 5.60 Å². The highest BCUT2D eigenvalue weighted by atomic mass is 19.1. The summed E-state index contributed by atoms with van der Waals surface area (Å²) < 4.78 is 17.9. The molecule has 5 aromatic rings. The number of nitrogens with two attached hydrogens (primary N) is 1. The van der Waals surface area contributed by atoms with Crippen molar-refractivity contribution in [2.45, 2.75) is 31.5 Å². The molecule has 1 saturated heterocycles. The summed E-state index contributed by atoms with van der Waals surface area (Å²) in [6, 6.07) is 12.9. The summed E-state index contributed by atoms with van der Waals surface area (Å²) in [5.74, 6) is -0.494. The summed E-state index contributed by atoms with van der Waals surface area (Å²) in [6.45, 7) is 1.15. The van der Waals surface area contributed by atoms with Gasteiger partial charge in [0.2, 0.25) is 0 Å². The zero-order valence-corrected chi connectivity index (χ0v) is 21.5. The van der Waals surface area contributed by atoms with Crippen molar-refractivity contribution in [3.63, 3.8) is 0 Å². The Morgan fingerprint density at radius 2 is 1.70 bits per heavy atom. The molecule has 0 unspecified atom stereocenters. The number of rotatable bonds is 6. The summed E-state index contributed by atoms with van der Waals surface area (Å²) in [5, 5.41) is 20.1. The van der Waals surface area contributed by atoms with Gasteiger partial charge >= 0.3 is 0 Å². The van der Waals surface area contributed by atoms with Crippen LogP contribution in [0.2, 0.25) is 0 Å². The molecule has 0 aliphatic carbocycles. The van der Waals surface area contributed by atoms with E-state index in [2.05, 4.69) is 15.2 Å². The van der Waals surface area contributed by atoms with Crippen LogP contribution in [-0.4, -0.2) is 63.7 Å². The molecule has 0 spiro atoms. The van der Waals surface area contributed by atoms with E-state index >= 15 is 0 Å². The summed E-state index contributed by atoms with van der Waals surface area (Å²) in [4.78, 5) is 32.4. The number of fused-ring (bicyclic) bond motifs is 1. The maximum Gasteiger partial charge on any atom is 0.264 e. The van der Waals surface area contributed by atoms with Crippen LogP contribution in [0, 0.1) is 5.82 Å². The maximum absolute atomic E-state index is 13.3. The van der Waals surface area contributed by atoms with Crippen molar-refractivity contribution in [2.24, 2.45) is 5.73 Å². The van der Waals surface area contributed by atoms with Gasteiger partial charge in [-0.1, -0.05) is 0 Å². The molecule has 0 radical (unpaired) electrons. The van der Waals surface area contributed by atoms with Crippen molar-refractivity contribution in [1.82, 2.24) is 34.0 Å². The van der Waals surface area contributed by atoms with E-state index in [0.717, 1.165) is 11.3 Å². The van der Waals surface area contributed by atoms with Crippen LogP contribution in [0.15, 0.2) is 78.2 Å². The second kappa shape index (κ2) is 10.1. The Morgan fingerprint density at radius 3 is 2.38 bits per heavy atom. The fourth-order valence-corrected chi connectivity index (χ4v) is 4.98. The minimum atomic E-state index is -1.17. The Labute approximate surface area is 227 Å². The Kier molecular flexibility index (Phi) is 6.48. The Hall–Kier alpha value is -4.68. The second-order valence-corrected chi connectivity index (χ2v) is 10.0. The molecule has 204 valence electrons. The quantitative estimate of drug-likeness (QED) is 0.335. The van der Waals surface area contributed by atoms with Gasteiger partial charge in [0.25, 0.3) is 11.5 Å². The van der Waals surface area contributed by atoms with Crippen LogP contribution in [0.1, 0.15) is 28.8 Å². The molecule has 3 aromatic heterocycles. The lowest BCUT2D eigenvalue weighted by Crippen LogP contribution is -2.49. The Balaban J connectivity index is 1.12. The maximum atomic E-state index is 13.3. The first-order valence-electron chi connectivity index (χ1n) is 12.9. The highest BCUT2D eigenvalue weighted by Crippen LogP contribution is 2.25. The molecular weight excluding hydrogens is 515 g/mol. The van der Waals surface area contributed by atoms with Gasteiger partial charge in [-0.2, -0.15) is 10.2 Å². The largest absolute Gasteiger partial charge is 0.388 e. The average Bonchev–Trinajstić information content (AvgIpc) is 3.63. The van der Waals surface area contributed by atoms with Crippen LogP contribution >= 0.6 is 0 Å². The van der Waals surface area contributed by atoms with E-state index in [-0.39, 0.29) is 23.8 Å². The topological polar surface area (TPSA) is 137 Å². The number of carbonyl (C=O) groups is 1. The zero-order valence-electron chi connectivity index (χ0n) is 21.5. The molecule has 0 bridgehead atoms. The number of aromatic nitrogens is 6. The van der Waals surface area contributed by atoms with E-state index in [1.165, 1.54) is 33.9 Å². The number of aliphatic hydroxyl groups is 1. The highest BCUT2D eigenvalue weighted by Gasteiger charge is 2.35. The van der Waals surface area contributed by atoms with E-state index in [1.54, 1.807) is 40.0 Å². The first kappa shape index (κ1) is 25.6. The van der Waals surface area contributed by atoms with Gasteiger partial charge in [-0.25, -0.2) is 18.7 Å². The van der Waals surface area contributed by atoms with Crippen LogP contribution in [0.4, 0.5) is 4.39 Å². The molecule has 4 heterocycles. The molecule has 0 atom stereocenters. The van der Waals surface area contributed by atoms with Crippen LogP contribution in [0.25, 0.3) is 22.4 Å². The molecular formula is C28H27FN8O3. The molecule has 1 amide bonds. The molecule has 12 heteroatoms. The van der Waals surface area contributed by atoms with Crippen molar-refractivity contribution in [3.8, 4) is 11.4 Å². The summed E-state index contributed by atoms with van der Waals surface area (Å²) in [5.41, 5.74) is 7.35. The fraction of sp³-hybridized carbons (Fsp3) is 0.250. The SMILES string of the molecule is NCc1cnn(-c2ccc(C(=O)N3CCC(O)(Cn4cnc5c(cnn5-c5ccc(F)cc5)c4=O)CC3)cc2)c1. The van der Waals surface area contributed by atoms with Crippen molar-refractivity contribution in [2.75, 3.05) is 13.1 Å². The van der Waals surface area contributed by atoms with Gasteiger partial charge < -0.3 is 15.7 Å². The van der Waals surface area contributed by atoms with Gasteiger partial charge in [-0.3, -0.25) is 14.2 Å². The molecule has 2 aromatic carbocycles. The normalized spacial score (nSPS) is 15.0. The number of carbonyl (C=O) groups excluding carboxylic acids is 1. The predicted octanol–water partition coefficient (Wildman–Crippen LogP) is 2.03. The predicted molar refractivity (Wildman–Crippen MR) is 145 cm³/mol. The molecule has 3 N–H and O–H groups in total. The molecule has 1 aliphatic heterocycles. The standard InChI is InChI=1S/C28H27FN8O3/c29-21-3-7-23(8-4-21)37-25-24(15-33-37)27(39)35(18-31-25)17-28(40)9-11-34(12-10-28)26(38)20-1-5-22(6-2-20)36-16-19(13-30)14-32-36/h1-8,14-16,18,40H,9-13,17,30H2. The minimum absolute atomic E-state index is 0.0435. The number of halogens is 1. The van der Waals surface area contributed by atoms with E-state index in [1.807, 2.05) is 18.3 Å². The third kappa shape index (κ3) is 4.78. The number of nitrogens with zero attached hydrogens (tertiary/aromatic N) is 7. The van der Waals surface area contributed by atoms with E-state index in [0.29, 0.717) is 54.8 Å². The van der Waals surface area contributed by atoms with Crippen LogP contribution in [-0.2, 0) is 13.1 Å². The zero-order chi connectivity index (χ0) is 27.9. The van der Waals surface area contributed by atoms with Crippen molar-refractivity contribution < 1.29 is 14.3 Å². The van der Waals surface area contributed by atoms with Gasteiger partial charge in [-0.15, -0.1) is 0 Å². The number of amides is 1. The second-order valence-electron chi connectivity index (χ2n) is 10.0. The van der Waals surface area contributed by atoms with Crippen molar-refractivity contribution >= 4 is 16.9 Å². The molecule has 0 saturated carbocycles. The Morgan fingerprint density at radius 1 is 1.00 bits per heavy atom. The van der Waals surface area contributed by atoms with Gasteiger partial charge in [0.1, 0.15) is 17.5 Å². The number of benzene rings is 2. The molecule has 6 rings (SSSR count). The molecule has 1 aliphatic rings. The lowest BCUT2D eigenvalue weighted by molar-refractivity contribution is -0.0299. The lowest BCUT2D eigenvalue weighted by atomic mass is 9.91. The molecule has 40 heavy (non-hydrogen) atoms. The summed E-state index contributed by atoms with van der Waals surface area (Å²) in [7, 11) is 0. The first-order valence-corrected chi connectivity index (χ1v) is 12.9. The van der Waals surface area contributed by atoms with Crippen molar-refractivity contribution in [1.29, 1.82) is 0 Å². The van der Waals surface area contributed by atoms with Crippen LogP contribution < -0.4 is 11.3 Å². The van der Waals surface area contributed by atoms with Gasteiger partial charge in [0, 0.05) is 37.0 Å². The van der Waals surface area contributed by atoms with Gasteiger partial charge in [0.05, 0.1) is 35.9 Å². The summed E-state index contributed by atoms with van der Waals surface area (Å²) in [6.07, 6.45) is 6.98. The third-order valence-corrected chi connectivity index (χ3v) is 7.32. The smallest absolute Gasteiger partial charge is 0.264 e. The van der Waals surface area contributed by atoms with E-state index in [4.69, 9.17) is 5.73 Å². The number of piperidine rings is 1. The molecule has 1 fully saturated rings. The fourth-order valence-electron chi connectivity index (χ4n) is 4.98. The number of likely N-dealkylation sites (tertiary alicyclic amines) is 1. The average molecular weight is 543 g/mol. The first-order chi connectivity index (χ1) is 19.3. The summed E-state index contributed by atoms with van der Waals surface area (Å²) >= 11 is 0. The van der Waals surface area contributed by atoms with Gasteiger partial charge in [0.15, 0.2) is 5.65 Å². The van der Waals surface area contributed by atoms with E-state index in [9.17, 15) is 19.1 Å². The molecule has 11 nitrogen and oxygen atoms in total. The minimum Gasteiger partial charge on any atom is -0.388 e. The van der Waals surface area contributed by atoms with Crippen LogP contribution in [0.3, 0.4) is 0 Å². The van der Waals surface area contributed by atoms with Crippen molar-refractivity contribution in [3.05, 3.63) is 101 Å². The number of hydrogen-bond donors (Lipinski definition) is 2. The van der Waals surface area contributed by atoms with Gasteiger partial charge in [-0.05, 0) is 61.4 Å².